The van der Waals surface area contributed by atoms with Crippen LogP contribution in [0.5, 0.6) is 0 Å². The fourth-order valence-electron chi connectivity index (χ4n) is 5.18. The molecule has 160 valence electrons. The molecule has 0 saturated heterocycles. The van der Waals surface area contributed by atoms with Gasteiger partial charge < -0.3 is 15.3 Å². The Morgan fingerprint density at radius 1 is 1.33 bits per heavy atom. The summed E-state index contributed by atoms with van der Waals surface area (Å²) in [6, 6.07) is 0.131. The second kappa shape index (κ2) is 7.25. The number of hydrogen-bond acceptors (Lipinski definition) is 6. The summed E-state index contributed by atoms with van der Waals surface area (Å²) in [6.45, 7) is 4.80. The number of rotatable bonds is 5. The van der Waals surface area contributed by atoms with Crippen LogP contribution in [0.4, 0.5) is 5.69 Å². The molecule has 30 heavy (non-hydrogen) atoms. The van der Waals surface area contributed by atoms with E-state index in [9.17, 15) is 9.90 Å². The highest BCUT2D eigenvalue weighted by atomic mass is 16.7. The maximum atomic E-state index is 11.2. The molecule has 1 spiro atoms. The number of nitrogens with one attached hydrogen (secondary N) is 1. The van der Waals surface area contributed by atoms with E-state index in [1.165, 1.54) is 19.3 Å². The molecule has 8 nitrogen and oxygen atoms in total. The van der Waals surface area contributed by atoms with Crippen molar-refractivity contribution in [2.75, 3.05) is 5.32 Å². The third kappa shape index (κ3) is 3.13. The average molecular weight is 412 g/mol. The quantitative estimate of drug-likeness (QED) is 0.775. The van der Waals surface area contributed by atoms with Crippen molar-refractivity contribution >= 4 is 28.4 Å². The summed E-state index contributed by atoms with van der Waals surface area (Å²) in [4.78, 5) is 22.0. The molecule has 0 amide bonds. The highest BCUT2D eigenvalue weighted by Crippen LogP contribution is 2.42. The zero-order chi connectivity index (χ0) is 20.9. The summed E-state index contributed by atoms with van der Waals surface area (Å²) >= 11 is 0. The number of pyridine rings is 1. The number of carboxylic acids is 1. The molecule has 0 atom stereocenters. The lowest BCUT2D eigenvalue weighted by atomic mass is 9.79. The summed E-state index contributed by atoms with van der Waals surface area (Å²) in [5.74, 6) is -0.976. The first-order chi connectivity index (χ1) is 14.5. The second-order valence-electron chi connectivity index (χ2n) is 9.04. The van der Waals surface area contributed by atoms with Crippen molar-refractivity contribution in [1.29, 1.82) is 0 Å². The van der Waals surface area contributed by atoms with E-state index in [1.807, 2.05) is 17.8 Å². The van der Waals surface area contributed by atoms with Crippen LogP contribution in [0.3, 0.4) is 0 Å². The van der Waals surface area contributed by atoms with Gasteiger partial charge in [0.25, 0.3) is 0 Å². The van der Waals surface area contributed by atoms with Crippen LogP contribution in [0.25, 0.3) is 11.0 Å². The minimum Gasteiger partial charge on any atom is -0.481 e. The van der Waals surface area contributed by atoms with Crippen molar-refractivity contribution in [3.8, 4) is 0 Å². The Morgan fingerprint density at radius 3 is 2.80 bits per heavy atom. The average Bonchev–Trinajstić information content (AvgIpc) is 3.25. The molecule has 0 aromatic carbocycles. The predicted octanol–water partition coefficient (Wildman–Crippen LogP) is 3.86. The van der Waals surface area contributed by atoms with Gasteiger partial charge in [0.2, 0.25) is 0 Å². The van der Waals surface area contributed by atoms with Gasteiger partial charge in [-0.2, -0.15) is 5.10 Å². The van der Waals surface area contributed by atoms with Crippen molar-refractivity contribution in [2.24, 2.45) is 11.1 Å². The van der Waals surface area contributed by atoms with E-state index in [-0.39, 0.29) is 17.6 Å². The summed E-state index contributed by atoms with van der Waals surface area (Å²) in [5, 5.41) is 23.1. The van der Waals surface area contributed by atoms with Crippen molar-refractivity contribution in [1.82, 2.24) is 14.8 Å². The maximum absolute atomic E-state index is 11.2. The Labute approximate surface area is 175 Å². The van der Waals surface area contributed by atoms with Gasteiger partial charge in [0.1, 0.15) is 5.60 Å². The van der Waals surface area contributed by atoms with Gasteiger partial charge in [-0.1, -0.05) is 11.6 Å². The van der Waals surface area contributed by atoms with Crippen molar-refractivity contribution in [3.63, 3.8) is 0 Å². The minimum absolute atomic E-state index is 0.131. The molecule has 2 aromatic rings. The van der Waals surface area contributed by atoms with E-state index in [0.717, 1.165) is 59.5 Å². The number of carboxylic acid groups (broad SMARTS) is 1. The molecule has 3 aliphatic rings. The van der Waals surface area contributed by atoms with E-state index < -0.39 is 5.97 Å². The molecular weight excluding hydrogens is 382 g/mol. The zero-order valence-corrected chi connectivity index (χ0v) is 17.6. The Balaban J connectivity index is 1.51. The van der Waals surface area contributed by atoms with Gasteiger partial charge in [0.05, 0.1) is 28.4 Å². The van der Waals surface area contributed by atoms with Crippen LogP contribution >= 0.6 is 0 Å². The summed E-state index contributed by atoms with van der Waals surface area (Å²) in [6.07, 6.45) is 9.69. The van der Waals surface area contributed by atoms with Crippen LogP contribution < -0.4 is 5.32 Å². The number of aliphatic carboxylic acids is 1. The molecule has 0 unspecified atom stereocenters. The van der Waals surface area contributed by atoms with Crippen LogP contribution in [0, 0.1) is 12.8 Å². The topological polar surface area (TPSA) is 102 Å². The molecule has 8 heteroatoms. The normalized spacial score (nSPS) is 25.1. The Kier molecular flexibility index (Phi) is 4.67. The van der Waals surface area contributed by atoms with Crippen LogP contribution in [0.2, 0.25) is 0 Å². The van der Waals surface area contributed by atoms with Gasteiger partial charge in [-0.25, -0.2) is 9.67 Å². The van der Waals surface area contributed by atoms with Gasteiger partial charge in [-0.3, -0.25) is 4.79 Å². The molecule has 1 aliphatic heterocycles. The lowest BCUT2D eigenvalue weighted by Gasteiger charge is -2.34. The standard InChI is InChI=1S/C22H29N5O3/c1-3-27-20-18(13(2)25-27)19(24-15-9-14(10-15)21(28)29)16(12-23-20)17-11-22(30-26-17)7-5-4-6-8-22/h12,14-15H,3-11H2,1-2H3,(H,23,24)(H,28,29). The summed E-state index contributed by atoms with van der Waals surface area (Å²) in [7, 11) is 0. The van der Waals surface area contributed by atoms with Gasteiger partial charge in [0.15, 0.2) is 5.65 Å². The number of aryl methyl sites for hydroxylation is 2. The zero-order valence-electron chi connectivity index (χ0n) is 17.6. The summed E-state index contributed by atoms with van der Waals surface area (Å²) in [5.41, 5.74) is 4.48. The first-order valence-electron chi connectivity index (χ1n) is 11.1. The van der Waals surface area contributed by atoms with Crippen LogP contribution in [-0.2, 0) is 16.2 Å². The maximum Gasteiger partial charge on any atom is 0.306 e. The first kappa shape index (κ1) is 19.3. The monoisotopic (exact) mass is 411 g/mol. The highest BCUT2D eigenvalue weighted by Gasteiger charge is 2.42. The lowest BCUT2D eigenvalue weighted by Crippen LogP contribution is -2.40. The predicted molar refractivity (Wildman–Crippen MR) is 114 cm³/mol. The van der Waals surface area contributed by atoms with Gasteiger partial charge in [0, 0.05) is 30.8 Å². The van der Waals surface area contributed by atoms with Gasteiger partial charge in [-0.15, -0.1) is 0 Å². The van der Waals surface area contributed by atoms with Gasteiger partial charge >= 0.3 is 5.97 Å². The number of hydrogen-bond donors (Lipinski definition) is 2. The van der Waals surface area contributed by atoms with Gasteiger partial charge in [-0.05, 0) is 52.4 Å². The fraction of sp³-hybridized carbons (Fsp3) is 0.636. The molecule has 2 fully saturated rings. The molecule has 2 saturated carbocycles. The van der Waals surface area contributed by atoms with Crippen LogP contribution in [0.1, 0.15) is 69.5 Å². The van der Waals surface area contributed by atoms with E-state index in [1.54, 1.807) is 0 Å². The van der Waals surface area contributed by atoms with E-state index in [0.29, 0.717) is 12.8 Å². The largest absolute Gasteiger partial charge is 0.481 e. The third-order valence-electron chi connectivity index (χ3n) is 6.99. The molecule has 5 rings (SSSR count). The molecule has 3 heterocycles. The SMILES string of the molecule is CCn1nc(C)c2c(NC3CC(C(=O)O)C3)c(C3=NOC4(CCCCC4)C3)cnc21. The Hall–Kier alpha value is -2.64. The third-order valence-corrected chi connectivity index (χ3v) is 6.99. The van der Waals surface area contributed by atoms with E-state index >= 15 is 0 Å². The second-order valence-corrected chi connectivity index (χ2v) is 9.04. The molecule has 0 bridgehead atoms. The number of oxime groups is 1. The minimum atomic E-state index is -0.712. The number of aromatic nitrogens is 3. The molecule has 2 aliphatic carbocycles. The van der Waals surface area contributed by atoms with Crippen LogP contribution in [0.15, 0.2) is 11.4 Å². The molecule has 0 radical (unpaired) electrons. The Morgan fingerprint density at radius 2 is 2.10 bits per heavy atom. The smallest absolute Gasteiger partial charge is 0.306 e. The van der Waals surface area contributed by atoms with E-state index in [4.69, 9.17) is 9.82 Å². The number of fused-ring (bicyclic) bond motifs is 1. The molecule has 2 N–H and O–H groups in total. The first-order valence-corrected chi connectivity index (χ1v) is 11.1. The summed E-state index contributed by atoms with van der Waals surface area (Å²) < 4.78 is 1.91. The highest BCUT2D eigenvalue weighted by molar-refractivity contribution is 6.11. The lowest BCUT2D eigenvalue weighted by molar-refractivity contribution is -0.144. The molecular formula is C22H29N5O3. The number of anilines is 1. The number of nitrogens with zero attached hydrogens (tertiary/aromatic N) is 4. The van der Waals surface area contributed by atoms with Crippen molar-refractivity contribution in [2.45, 2.75) is 83.4 Å². The van der Waals surface area contributed by atoms with E-state index in [2.05, 4.69) is 22.5 Å². The number of carbonyl (C=O) groups is 1. The van der Waals surface area contributed by atoms with Crippen molar-refractivity contribution in [3.05, 3.63) is 17.5 Å². The van der Waals surface area contributed by atoms with Crippen molar-refractivity contribution < 1.29 is 14.7 Å². The fourth-order valence-corrected chi connectivity index (χ4v) is 5.18. The molecule has 2 aromatic heterocycles. The Bertz CT molecular complexity index is 1020. The van der Waals surface area contributed by atoms with Crippen LogP contribution in [-0.4, -0.2) is 43.2 Å².